The fraction of sp³-hybridized carbons (Fsp3) is 0.286. The van der Waals surface area contributed by atoms with Crippen molar-refractivity contribution in [3.8, 4) is 0 Å². The number of hydrogen-bond donors (Lipinski definition) is 0. The largest absolute Gasteiger partial charge is 0.463 e. The molecule has 1 atom stereocenters. The number of nitrogens with zero attached hydrogens (tertiary/aromatic N) is 2. The van der Waals surface area contributed by atoms with Crippen LogP contribution in [-0.2, 0) is 14.9 Å². The van der Waals surface area contributed by atoms with Gasteiger partial charge in [-0.05, 0) is 46.6 Å². The van der Waals surface area contributed by atoms with E-state index in [9.17, 15) is 9.59 Å². The summed E-state index contributed by atoms with van der Waals surface area (Å²) in [5.41, 5.74) is 5.75. The normalized spacial score (nSPS) is 15.6. The Bertz CT molecular complexity index is 1770. The lowest BCUT2D eigenvalue weighted by molar-refractivity contribution is -0.138. The lowest BCUT2D eigenvalue weighted by Gasteiger charge is -2.26. The molecule has 4 aromatic rings. The lowest BCUT2D eigenvalue weighted by atomic mass is 9.87. The van der Waals surface area contributed by atoms with Crippen LogP contribution in [0.2, 0.25) is 0 Å². The van der Waals surface area contributed by atoms with E-state index in [1.54, 1.807) is 11.5 Å². The highest BCUT2D eigenvalue weighted by Gasteiger charge is 2.35. The molecule has 1 aliphatic rings. The number of carbonyl (C=O) groups is 1. The molecule has 0 saturated carbocycles. The molecule has 41 heavy (non-hydrogen) atoms. The first-order valence-electron chi connectivity index (χ1n) is 14.1. The summed E-state index contributed by atoms with van der Waals surface area (Å²) >= 11 is 1.34. The standard InChI is InChI=1S/C35H36N2O3S/c1-7-40-33(39)29-30(25-11-9-8-10-12-25)36-34-37(31(29)26-17-15-24(16-18-26)22(2)3)32(38)28(41-34)21-23-13-19-27(20-14-23)35(4,5)6/h8-22,31H,7H2,1-6H3/b28-21-/t31-/m0/s1. The van der Waals surface area contributed by atoms with E-state index >= 15 is 0 Å². The second-order valence-electron chi connectivity index (χ2n) is 11.6. The van der Waals surface area contributed by atoms with E-state index in [1.807, 2.05) is 60.7 Å². The summed E-state index contributed by atoms with van der Waals surface area (Å²) < 4.78 is 7.79. The molecule has 1 aromatic heterocycles. The number of rotatable bonds is 6. The Kier molecular flexibility index (Phi) is 7.96. The summed E-state index contributed by atoms with van der Waals surface area (Å²) in [6, 6.07) is 25.4. The van der Waals surface area contributed by atoms with E-state index in [0.29, 0.717) is 26.5 Å². The second kappa shape index (κ2) is 11.5. The molecule has 0 N–H and O–H groups in total. The topological polar surface area (TPSA) is 60.7 Å². The highest BCUT2D eigenvalue weighted by atomic mass is 32.1. The molecule has 210 valence electrons. The minimum atomic E-state index is -0.674. The van der Waals surface area contributed by atoms with Gasteiger partial charge in [0.05, 0.1) is 28.5 Å². The maximum atomic E-state index is 14.1. The number of ether oxygens (including phenoxy) is 1. The van der Waals surface area contributed by atoms with Crippen LogP contribution >= 0.6 is 11.3 Å². The number of thiazole rings is 1. The van der Waals surface area contributed by atoms with Gasteiger partial charge in [0, 0.05) is 5.56 Å². The monoisotopic (exact) mass is 564 g/mol. The van der Waals surface area contributed by atoms with Crippen LogP contribution in [0.5, 0.6) is 0 Å². The van der Waals surface area contributed by atoms with Crippen LogP contribution < -0.4 is 14.9 Å². The number of fused-ring (bicyclic) bond motifs is 1. The third-order valence-corrected chi connectivity index (χ3v) is 8.35. The average Bonchev–Trinajstić information content (AvgIpc) is 3.26. The maximum absolute atomic E-state index is 14.1. The van der Waals surface area contributed by atoms with Gasteiger partial charge in [-0.3, -0.25) is 9.36 Å². The first kappa shape index (κ1) is 28.5. The SMILES string of the molecule is CCOC(=O)C1=C(c2ccccc2)N=c2s/c(=C\c3ccc(C(C)(C)C)cc3)c(=O)n2[C@H]1c1ccc(C(C)C)cc1. The zero-order valence-corrected chi connectivity index (χ0v) is 25.3. The molecule has 2 heterocycles. The summed E-state index contributed by atoms with van der Waals surface area (Å²) in [4.78, 5) is 33.2. The Morgan fingerprint density at radius 2 is 1.66 bits per heavy atom. The Morgan fingerprint density at radius 1 is 1.00 bits per heavy atom. The molecule has 0 aliphatic carbocycles. The van der Waals surface area contributed by atoms with Crippen molar-refractivity contribution in [2.45, 2.75) is 58.9 Å². The first-order chi connectivity index (χ1) is 19.6. The Morgan fingerprint density at radius 3 is 2.24 bits per heavy atom. The highest BCUT2D eigenvalue weighted by molar-refractivity contribution is 7.07. The van der Waals surface area contributed by atoms with Crippen molar-refractivity contribution in [1.29, 1.82) is 0 Å². The van der Waals surface area contributed by atoms with E-state index in [-0.39, 0.29) is 17.6 Å². The van der Waals surface area contributed by atoms with E-state index in [0.717, 1.165) is 16.7 Å². The number of aromatic nitrogens is 1. The highest BCUT2D eigenvalue weighted by Crippen LogP contribution is 2.35. The summed E-state index contributed by atoms with van der Waals surface area (Å²) in [6.45, 7) is 12.8. The quantitative estimate of drug-likeness (QED) is 0.256. The van der Waals surface area contributed by atoms with Gasteiger partial charge >= 0.3 is 5.97 Å². The zero-order valence-electron chi connectivity index (χ0n) is 24.5. The summed E-state index contributed by atoms with van der Waals surface area (Å²) in [7, 11) is 0. The molecule has 3 aromatic carbocycles. The van der Waals surface area contributed by atoms with Crippen LogP contribution in [-0.4, -0.2) is 17.1 Å². The number of hydrogen-bond acceptors (Lipinski definition) is 5. The van der Waals surface area contributed by atoms with Crippen LogP contribution in [0.1, 0.15) is 81.3 Å². The van der Waals surface area contributed by atoms with Crippen LogP contribution in [0.4, 0.5) is 0 Å². The molecule has 0 saturated heterocycles. The second-order valence-corrected chi connectivity index (χ2v) is 12.6. The van der Waals surface area contributed by atoms with Crippen LogP contribution in [0, 0.1) is 0 Å². The Labute approximate surface area is 245 Å². The first-order valence-corrected chi connectivity index (χ1v) is 14.9. The molecule has 5 nitrogen and oxygen atoms in total. The molecule has 5 rings (SSSR count). The number of benzene rings is 3. The van der Waals surface area contributed by atoms with E-state index < -0.39 is 12.0 Å². The minimum Gasteiger partial charge on any atom is -0.463 e. The zero-order chi connectivity index (χ0) is 29.3. The molecule has 0 radical (unpaired) electrons. The fourth-order valence-electron chi connectivity index (χ4n) is 5.05. The molecular formula is C35H36N2O3S. The van der Waals surface area contributed by atoms with Crippen LogP contribution in [0.15, 0.2) is 94.2 Å². The van der Waals surface area contributed by atoms with Crippen LogP contribution in [0.3, 0.4) is 0 Å². The Hall–Kier alpha value is -4.03. The molecule has 0 spiro atoms. The fourth-order valence-corrected chi connectivity index (χ4v) is 6.05. The molecule has 0 amide bonds. The summed E-state index contributed by atoms with van der Waals surface area (Å²) in [5.74, 6) is -0.115. The molecule has 6 heteroatoms. The van der Waals surface area contributed by atoms with Crippen molar-refractivity contribution < 1.29 is 9.53 Å². The smallest absolute Gasteiger partial charge is 0.338 e. The molecule has 0 unspecified atom stereocenters. The van der Waals surface area contributed by atoms with Crippen molar-refractivity contribution in [2.24, 2.45) is 4.99 Å². The third-order valence-electron chi connectivity index (χ3n) is 7.37. The summed E-state index contributed by atoms with van der Waals surface area (Å²) in [6.07, 6.45) is 1.91. The van der Waals surface area contributed by atoms with Gasteiger partial charge in [-0.2, -0.15) is 0 Å². The van der Waals surface area contributed by atoms with Gasteiger partial charge in [0.1, 0.15) is 0 Å². The van der Waals surface area contributed by atoms with E-state index in [1.165, 1.54) is 22.5 Å². The van der Waals surface area contributed by atoms with Gasteiger partial charge in [-0.1, -0.05) is 125 Å². The molecular weight excluding hydrogens is 528 g/mol. The predicted molar refractivity (Wildman–Crippen MR) is 167 cm³/mol. The average molecular weight is 565 g/mol. The van der Waals surface area contributed by atoms with Crippen molar-refractivity contribution >= 4 is 29.1 Å². The van der Waals surface area contributed by atoms with Gasteiger partial charge in [-0.25, -0.2) is 9.79 Å². The van der Waals surface area contributed by atoms with Gasteiger partial charge in [0.15, 0.2) is 4.80 Å². The molecule has 0 fully saturated rings. The van der Waals surface area contributed by atoms with Gasteiger partial charge in [-0.15, -0.1) is 0 Å². The van der Waals surface area contributed by atoms with E-state index in [2.05, 4.69) is 58.9 Å². The summed E-state index contributed by atoms with van der Waals surface area (Å²) in [5, 5.41) is 0. The van der Waals surface area contributed by atoms with Crippen molar-refractivity contribution in [3.63, 3.8) is 0 Å². The van der Waals surface area contributed by atoms with Crippen molar-refractivity contribution in [3.05, 3.63) is 132 Å². The minimum absolute atomic E-state index is 0.0420. The van der Waals surface area contributed by atoms with Gasteiger partial charge in [0.25, 0.3) is 5.56 Å². The Balaban J connectivity index is 1.76. The number of carbonyl (C=O) groups excluding carboxylic acids is 1. The van der Waals surface area contributed by atoms with Crippen molar-refractivity contribution in [2.75, 3.05) is 6.61 Å². The van der Waals surface area contributed by atoms with Gasteiger partial charge < -0.3 is 4.74 Å². The number of esters is 1. The lowest BCUT2D eigenvalue weighted by Crippen LogP contribution is -2.40. The predicted octanol–water partition coefficient (Wildman–Crippen LogP) is 6.36. The van der Waals surface area contributed by atoms with Crippen molar-refractivity contribution in [1.82, 2.24) is 4.57 Å². The maximum Gasteiger partial charge on any atom is 0.338 e. The molecule has 0 bridgehead atoms. The van der Waals surface area contributed by atoms with E-state index in [4.69, 9.17) is 9.73 Å². The van der Waals surface area contributed by atoms with Gasteiger partial charge in [0.2, 0.25) is 0 Å². The molecule has 1 aliphatic heterocycles. The third kappa shape index (κ3) is 5.75. The van der Waals surface area contributed by atoms with Crippen LogP contribution in [0.25, 0.3) is 11.8 Å².